The van der Waals surface area contributed by atoms with Crippen LogP contribution < -0.4 is 9.64 Å². The Balaban J connectivity index is 1.41. The van der Waals surface area contributed by atoms with Crippen molar-refractivity contribution in [3.63, 3.8) is 0 Å². The van der Waals surface area contributed by atoms with Crippen molar-refractivity contribution in [3.8, 4) is 17.1 Å². The highest BCUT2D eigenvalue weighted by molar-refractivity contribution is 7.89. The van der Waals surface area contributed by atoms with Gasteiger partial charge in [-0.2, -0.15) is 15.6 Å². The summed E-state index contributed by atoms with van der Waals surface area (Å²) in [5.74, 6) is 2.16. The van der Waals surface area contributed by atoms with E-state index in [1.54, 1.807) is 42.7 Å². The van der Waals surface area contributed by atoms with Gasteiger partial charge in [-0.1, -0.05) is 12.1 Å². The van der Waals surface area contributed by atoms with E-state index in [0.717, 1.165) is 22.3 Å². The SMILES string of the molecule is COc1ccc(S(=O)(=O)N2CCN(c3nc(-c4ccsc4)nc4ccccc34)CC2)cc1. The second-order valence-corrected chi connectivity index (χ2v) is 10.2. The van der Waals surface area contributed by atoms with Gasteiger partial charge in [-0.3, -0.25) is 0 Å². The maximum Gasteiger partial charge on any atom is 0.243 e. The van der Waals surface area contributed by atoms with E-state index in [2.05, 4.69) is 4.90 Å². The first-order chi connectivity index (χ1) is 15.6. The summed E-state index contributed by atoms with van der Waals surface area (Å²) in [7, 11) is -2.00. The summed E-state index contributed by atoms with van der Waals surface area (Å²) in [5, 5.41) is 5.02. The fourth-order valence-corrected chi connectivity index (χ4v) is 5.92. The van der Waals surface area contributed by atoms with Crippen molar-refractivity contribution in [2.24, 2.45) is 0 Å². The first kappa shape index (κ1) is 20.9. The quantitative estimate of drug-likeness (QED) is 0.444. The van der Waals surface area contributed by atoms with Crippen LogP contribution in [0.3, 0.4) is 0 Å². The lowest BCUT2D eigenvalue weighted by atomic mass is 10.2. The molecule has 0 bridgehead atoms. The van der Waals surface area contributed by atoms with Gasteiger partial charge in [-0.25, -0.2) is 18.4 Å². The lowest BCUT2D eigenvalue weighted by Gasteiger charge is -2.35. The highest BCUT2D eigenvalue weighted by atomic mass is 32.2. The van der Waals surface area contributed by atoms with Crippen LogP contribution in [-0.2, 0) is 10.0 Å². The lowest BCUT2D eigenvalue weighted by Crippen LogP contribution is -2.49. The minimum absolute atomic E-state index is 0.277. The van der Waals surface area contributed by atoms with Crippen LogP contribution in [0.1, 0.15) is 0 Å². The zero-order valence-corrected chi connectivity index (χ0v) is 19.1. The van der Waals surface area contributed by atoms with Crippen molar-refractivity contribution in [3.05, 3.63) is 65.4 Å². The number of rotatable bonds is 5. The molecule has 2 aromatic heterocycles. The van der Waals surface area contributed by atoms with Crippen molar-refractivity contribution >= 4 is 38.1 Å². The fourth-order valence-electron chi connectivity index (χ4n) is 3.86. The number of para-hydroxylation sites is 1. The Kier molecular flexibility index (Phi) is 5.54. The molecule has 4 aromatic rings. The van der Waals surface area contributed by atoms with Crippen molar-refractivity contribution < 1.29 is 13.2 Å². The predicted molar refractivity (Wildman–Crippen MR) is 127 cm³/mol. The minimum atomic E-state index is -3.56. The first-order valence-electron chi connectivity index (χ1n) is 10.2. The molecule has 5 rings (SSSR count). The zero-order chi connectivity index (χ0) is 22.1. The molecule has 1 saturated heterocycles. The molecular formula is C23H22N4O3S2. The number of thiophene rings is 1. The van der Waals surface area contributed by atoms with Crippen LogP contribution in [0, 0.1) is 0 Å². The molecule has 0 N–H and O–H groups in total. The van der Waals surface area contributed by atoms with Crippen molar-refractivity contribution in [1.82, 2.24) is 14.3 Å². The third-order valence-corrected chi connectivity index (χ3v) is 8.19. The van der Waals surface area contributed by atoms with E-state index in [9.17, 15) is 8.42 Å². The van der Waals surface area contributed by atoms with Crippen molar-refractivity contribution in [2.75, 3.05) is 38.2 Å². The third kappa shape index (κ3) is 3.83. The molecule has 2 aromatic carbocycles. The summed E-state index contributed by atoms with van der Waals surface area (Å²) in [5.41, 5.74) is 1.87. The van der Waals surface area contributed by atoms with Gasteiger partial charge in [-0.15, -0.1) is 0 Å². The van der Waals surface area contributed by atoms with Crippen LogP contribution in [0.25, 0.3) is 22.3 Å². The maximum absolute atomic E-state index is 13.1. The van der Waals surface area contributed by atoms with E-state index in [4.69, 9.17) is 14.7 Å². The molecule has 0 aliphatic carbocycles. The molecule has 9 heteroatoms. The van der Waals surface area contributed by atoms with Gasteiger partial charge in [-0.05, 0) is 47.8 Å². The standard InChI is InChI=1S/C23H22N4O3S2/c1-30-18-6-8-19(9-7-18)32(28,29)27-13-11-26(12-14-27)23-20-4-2-3-5-21(20)24-22(25-23)17-10-15-31-16-17/h2-10,15-16H,11-14H2,1H3. The highest BCUT2D eigenvalue weighted by Gasteiger charge is 2.29. The van der Waals surface area contributed by atoms with Gasteiger partial charge in [0.1, 0.15) is 11.6 Å². The zero-order valence-electron chi connectivity index (χ0n) is 17.5. The molecule has 0 saturated carbocycles. The van der Waals surface area contributed by atoms with Gasteiger partial charge in [0, 0.05) is 42.5 Å². The second-order valence-electron chi connectivity index (χ2n) is 7.47. The largest absolute Gasteiger partial charge is 0.497 e. The fraction of sp³-hybridized carbons (Fsp3) is 0.217. The average molecular weight is 467 g/mol. The van der Waals surface area contributed by atoms with Crippen LogP contribution in [0.2, 0.25) is 0 Å². The molecule has 0 unspecified atom stereocenters. The molecule has 7 nitrogen and oxygen atoms in total. The van der Waals surface area contributed by atoms with E-state index in [0.29, 0.717) is 37.8 Å². The number of methoxy groups -OCH3 is 1. The van der Waals surface area contributed by atoms with E-state index in [-0.39, 0.29) is 4.90 Å². The number of piperazine rings is 1. The number of aromatic nitrogens is 2. The maximum atomic E-state index is 13.1. The summed E-state index contributed by atoms with van der Waals surface area (Å²) in [6.45, 7) is 1.89. The van der Waals surface area contributed by atoms with Gasteiger partial charge in [0.05, 0.1) is 17.5 Å². The van der Waals surface area contributed by atoms with Crippen LogP contribution in [0.15, 0.2) is 70.3 Å². The van der Waals surface area contributed by atoms with Crippen LogP contribution in [0.4, 0.5) is 5.82 Å². The minimum Gasteiger partial charge on any atom is -0.497 e. The number of nitrogens with zero attached hydrogens (tertiary/aromatic N) is 4. The Labute approximate surface area is 191 Å². The number of sulfonamides is 1. The third-order valence-electron chi connectivity index (χ3n) is 5.60. The molecule has 0 spiro atoms. The molecule has 0 atom stereocenters. The lowest BCUT2D eigenvalue weighted by molar-refractivity contribution is 0.384. The Morgan fingerprint density at radius 3 is 2.38 bits per heavy atom. The van der Waals surface area contributed by atoms with Gasteiger partial charge in [0.15, 0.2) is 5.82 Å². The molecule has 0 amide bonds. The molecule has 1 aliphatic rings. The van der Waals surface area contributed by atoms with Gasteiger partial charge < -0.3 is 9.64 Å². The molecular weight excluding hydrogens is 444 g/mol. The Bertz CT molecular complexity index is 1330. The smallest absolute Gasteiger partial charge is 0.243 e. The molecule has 1 aliphatic heterocycles. The van der Waals surface area contributed by atoms with Gasteiger partial charge >= 0.3 is 0 Å². The Morgan fingerprint density at radius 1 is 0.938 bits per heavy atom. The van der Waals surface area contributed by atoms with E-state index in [1.165, 1.54) is 4.31 Å². The van der Waals surface area contributed by atoms with Gasteiger partial charge in [0.2, 0.25) is 10.0 Å². The summed E-state index contributed by atoms with van der Waals surface area (Å²) in [4.78, 5) is 12.0. The number of anilines is 1. The molecule has 0 radical (unpaired) electrons. The summed E-state index contributed by atoms with van der Waals surface area (Å²) < 4.78 is 32.9. The molecule has 3 heterocycles. The first-order valence-corrected chi connectivity index (χ1v) is 12.6. The monoisotopic (exact) mass is 466 g/mol. The van der Waals surface area contributed by atoms with Crippen LogP contribution >= 0.6 is 11.3 Å². The predicted octanol–water partition coefficient (Wildman–Crippen LogP) is 3.88. The topological polar surface area (TPSA) is 75.6 Å². The number of benzene rings is 2. The number of ether oxygens (including phenoxy) is 1. The van der Waals surface area contributed by atoms with E-state index >= 15 is 0 Å². The normalized spacial score (nSPS) is 15.2. The second kappa shape index (κ2) is 8.50. The van der Waals surface area contributed by atoms with Crippen LogP contribution in [0.5, 0.6) is 5.75 Å². The highest BCUT2D eigenvalue weighted by Crippen LogP contribution is 2.30. The Hall–Kier alpha value is -3.01. The Morgan fingerprint density at radius 2 is 1.69 bits per heavy atom. The van der Waals surface area contributed by atoms with Crippen molar-refractivity contribution in [1.29, 1.82) is 0 Å². The van der Waals surface area contributed by atoms with E-state index in [1.807, 2.05) is 41.1 Å². The molecule has 32 heavy (non-hydrogen) atoms. The number of hydrogen-bond acceptors (Lipinski definition) is 7. The summed E-state index contributed by atoms with van der Waals surface area (Å²) >= 11 is 1.61. The summed E-state index contributed by atoms with van der Waals surface area (Å²) in [6.07, 6.45) is 0. The average Bonchev–Trinajstić information content (AvgIpc) is 3.39. The molecule has 164 valence electrons. The number of fused-ring (bicyclic) bond motifs is 1. The number of hydrogen-bond donors (Lipinski definition) is 0. The van der Waals surface area contributed by atoms with Crippen molar-refractivity contribution in [2.45, 2.75) is 4.90 Å². The molecule has 1 fully saturated rings. The van der Waals surface area contributed by atoms with Crippen LogP contribution in [-0.4, -0.2) is 56.0 Å². The summed E-state index contributed by atoms with van der Waals surface area (Å²) in [6, 6.07) is 16.5. The van der Waals surface area contributed by atoms with Gasteiger partial charge in [0.25, 0.3) is 0 Å². The van der Waals surface area contributed by atoms with E-state index < -0.39 is 10.0 Å².